The van der Waals surface area contributed by atoms with E-state index >= 15 is 0 Å². The van der Waals surface area contributed by atoms with Gasteiger partial charge in [0.05, 0.1) is 33.0 Å². The fourth-order valence-corrected chi connectivity index (χ4v) is 2.56. The van der Waals surface area contributed by atoms with Crippen molar-refractivity contribution in [3.05, 3.63) is 24.0 Å². The highest BCUT2D eigenvalue weighted by Crippen LogP contribution is 2.40. The summed E-state index contributed by atoms with van der Waals surface area (Å²) in [6.45, 7) is 0.434. The smallest absolute Gasteiger partial charge is 0.233 e. The molecule has 0 aliphatic carbocycles. The maximum atomic E-state index is 5.93. The molecule has 0 atom stereocenters. The number of nitrogens with one attached hydrogen (secondary N) is 1. The van der Waals surface area contributed by atoms with Crippen molar-refractivity contribution in [2.75, 3.05) is 38.1 Å². The Bertz CT molecular complexity index is 884. The normalized spacial score (nSPS) is 10.7. The number of hydrogen-bond acceptors (Lipinski definition) is 9. The van der Waals surface area contributed by atoms with Gasteiger partial charge in [-0.3, -0.25) is 0 Å². The van der Waals surface area contributed by atoms with Crippen LogP contribution >= 0.6 is 0 Å². The highest BCUT2D eigenvalue weighted by atomic mass is 16.5. The summed E-state index contributed by atoms with van der Waals surface area (Å²) < 4.78 is 21.4. The number of aromatic nitrogens is 2. The Morgan fingerprint density at radius 1 is 1.04 bits per heavy atom. The maximum absolute atomic E-state index is 5.93. The zero-order chi connectivity index (χ0) is 18.0. The fourth-order valence-electron chi connectivity index (χ4n) is 2.56. The third-order valence-corrected chi connectivity index (χ3v) is 3.70. The Hall–Kier alpha value is -3.36. The Kier molecular flexibility index (Phi) is 4.38. The van der Waals surface area contributed by atoms with Gasteiger partial charge in [0.2, 0.25) is 17.4 Å². The Morgan fingerprint density at radius 2 is 1.72 bits per heavy atom. The summed E-state index contributed by atoms with van der Waals surface area (Å²) in [6.07, 6.45) is 1.57. The molecular formula is C16H19N5O4. The number of nitrogens with two attached hydrogens (primary N) is 2. The number of ether oxygens (including phenoxy) is 3. The predicted octanol–water partition coefficient (Wildman–Crippen LogP) is 2.03. The van der Waals surface area contributed by atoms with Gasteiger partial charge >= 0.3 is 0 Å². The quantitative estimate of drug-likeness (QED) is 0.614. The fraction of sp³-hybridized carbons (Fsp3) is 0.250. The van der Waals surface area contributed by atoms with Crippen LogP contribution in [0.4, 0.5) is 17.5 Å². The Labute approximate surface area is 143 Å². The molecule has 3 rings (SSSR count). The summed E-state index contributed by atoms with van der Waals surface area (Å²) in [5.74, 6) is 1.98. The minimum atomic E-state index is 0.0727. The van der Waals surface area contributed by atoms with Crippen molar-refractivity contribution in [1.29, 1.82) is 0 Å². The zero-order valence-electron chi connectivity index (χ0n) is 14.1. The number of benzene rings is 1. The second-order valence-electron chi connectivity index (χ2n) is 5.18. The van der Waals surface area contributed by atoms with Gasteiger partial charge in [-0.05, 0) is 0 Å². The summed E-state index contributed by atoms with van der Waals surface area (Å²) in [6, 6.07) is 3.61. The van der Waals surface area contributed by atoms with E-state index in [4.69, 9.17) is 30.1 Å². The van der Waals surface area contributed by atoms with Gasteiger partial charge in [0.25, 0.3) is 0 Å². The lowest BCUT2D eigenvalue weighted by Crippen LogP contribution is -2.04. The molecule has 2 aromatic heterocycles. The number of anilines is 3. The Morgan fingerprint density at radius 3 is 2.32 bits per heavy atom. The van der Waals surface area contributed by atoms with E-state index in [0.29, 0.717) is 34.9 Å². The van der Waals surface area contributed by atoms with Crippen molar-refractivity contribution in [2.45, 2.75) is 6.54 Å². The van der Waals surface area contributed by atoms with Gasteiger partial charge < -0.3 is 35.4 Å². The van der Waals surface area contributed by atoms with Crippen molar-refractivity contribution in [3.63, 3.8) is 0 Å². The van der Waals surface area contributed by atoms with Gasteiger partial charge in [0.15, 0.2) is 11.5 Å². The van der Waals surface area contributed by atoms with E-state index in [1.807, 2.05) is 12.1 Å². The summed E-state index contributed by atoms with van der Waals surface area (Å²) in [5.41, 5.74) is 13.4. The van der Waals surface area contributed by atoms with Gasteiger partial charge in [-0.15, -0.1) is 0 Å². The molecule has 5 N–H and O–H groups in total. The lowest BCUT2D eigenvalue weighted by atomic mass is 10.2. The summed E-state index contributed by atoms with van der Waals surface area (Å²) in [5, 5.41) is 3.90. The van der Waals surface area contributed by atoms with Crippen LogP contribution in [0.1, 0.15) is 5.56 Å². The predicted molar refractivity (Wildman–Crippen MR) is 94.1 cm³/mol. The van der Waals surface area contributed by atoms with Crippen LogP contribution in [0.5, 0.6) is 17.2 Å². The minimum absolute atomic E-state index is 0.0727. The van der Waals surface area contributed by atoms with Gasteiger partial charge in [-0.2, -0.15) is 9.97 Å². The summed E-state index contributed by atoms with van der Waals surface area (Å²) in [7, 11) is 4.68. The van der Waals surface area contributed by atoms with Crippen molar-refractivity contribution in [3.8, 4) is 17.2 Å². The molecule has 0 fully saturated rings. The van der Waals surface area contributed by atoms with E-state index in [0.717, 1.165) is 11.3 Å². The molecule has 0 amide bonds. The topological polar surface area (TPSA) is 131 Å². The number of nitrogen functional groups attached to an aromatic ring is 2. The highest BCUT2D eigenvalue weighted by Gasteiger charge is 2.15. The molecule has 0 aliphatic rings. The largest absolute Gasteiger partial charge is 0.493 e. The molecule has 1 aromatic carbocycles. The standard InChI is InChI=1S/C16H19N5O4/c1-22-10-4-9(5-11(23-2)13(10)24-3)19-6-8-7-25-15-12(8)14(17)20-16(18)21-15/h4-5,7,19H,6H2,1-3H3,(H4,17,18,20,21). The molecule has 3 aromatic rings. The zero-order valence-corrected chi connectivity index (χ0v) is 14.1. The summed E-state index contributed by atoms with van der Waals surface area (Å²) in [4.78, 5) is 7.99. The number of fused-ring (bicyclic) bond motifs is 1. The SMILES string of the molecule is COc1cc(NCc2coc3nc(N)nc(N)c23)cc(OC)c1OC. The number of rotatable bonds is 6. The van der Waals surface area contributed by atoms with Gasteiger partial charge in [-0.25, -0.2) is 0 Å². The highest BCUT2D eigenvalue weighted by molar-refractivity contribution is 5.88. The molecule has 2 heterocycles. The first-order chi connectivity index (χ1) is 12.1. The molecule has 0 saturated carbocycles. The first kappa shape index (κ1) is 16.5. The van der Waals surface area contributed by atoms with E-state index in [9.17, 15) is 0 Å². The second-order valence-corrected chi connectivity index (χ2v) is 5.18. The van der Waals surface area contributed by atoms with Crippen LogP contribution in [0, 0.1) is 0 Å². The number of furan rings is 1. The van der Waals surface area contributed by atoms with Crippen LogP contribution in [0.25, 0.3) is 11.1 Å². The Balaban J connectivity index is 1.89. The molecule has 0 unspecified atom stereocenters. The molecule has 9 nitrogen and oxygen atoms in total. The molecule has 0 aliphatic heterocycles. The molecule has 25 heavy (non-hydrogen) atoms. The molecule has 132 valence electrons. The summed E-state index contributed by atoms with van der Waals surface area (Å²) >= 11 is 0. The van der Waals surface area contributed by atoms with Crippen molar-refractivity contribution in [2.24, 2.45) is 0 Å². The third kappa shape index (κ3) is 3.03. The minimum Gasteiger partial charge on any atom is -0.493 e. The van der Waals surface area contributed by atoms with E-state index < -0.39 is 0 Å². The van der Waals surface area contributed by atoms with Crippen LogP contribution in [0.2, 0.25) is 0 Å². The first-order valence-electron chi connectivity index (χ1n) is 7.40. The number of nitrogens with zero attached hydrogens (tertiary/aromatic N) is 2. The molecule has 0 saturated heterocycles. The van der Waals surface area contributed by atoms with Crippen LogP contribution in [0.3, 0.4) is 0 Å². The lowest BCUT2D eigenvalue weighted by molar-refractivity contribution is 0.324. The maximum Gasteiger partial charge on any atom is 0.233 e. The molecule has 9 heteroatoms. The average molecular weight is 345 g/mol. The molecule has 0 spiro atoms. The number of hydrogen-bond donors (Lipinski definition) is 3. The van der Waals surface area contributed by atoms with E-state index in [1.165, 1.54) is 0 Å². The third-order valence-electron chi connectivity index (χ3n) is 3.70. The van der Waals surface area contributed by atoms with E-state index in [2.05, 4.69) is 15.3 Å². The molecular weight excluding hydrogens is 326 g/mol. The van der Waals surface area contributed by atoms with Crippen molar-refractivity contribution in [1.82, 2.24) is 9.97 Å². The van der Waals surface area contributed by atoms with Crippen LogP contribution in [0.15, 0.2) is 22.8 Å². The van der Waals surface area contributed by atoms with E-state index in [-0.39, 0.29) is 11.8 Å². The molecule has 0 radical (unpaired) electrons. The second kappa shape index (κ2) is 6.63. The lowest BCUT2D eigenvalue weighted by Gasteiger charge is -2.15. The van der Waals surface area contributed by atoms with Gasteiger partial charge in [0, 0.05) is 29.9 Å². The monoisotopic (exact) mass is 345 g/mol. The average Bonchev–Trinajstić information content (AvgIpc) is 3.01. The van der Waals surface area contributed by atoms with Crippen molar-refractivity contribution >= 4 is 28.6 Å². The first-order valence-corrected chi connectivity index (χ1v) is 7.40. The van der Waals surface area contributed by atoms with Gasteiger partial charge in [0.1, 0.15) is 5.82 Å². The van der Waals surface area contributed by atoms with Crippen LogP contribution < -0.4 is 31.0 Å². The van der Waals surface area contributed by atoms with Crippen LogP contribution in [-0.2, 0) is 6.54 Å². The van der Waals surface area contributed by atoms with Crippen LogP contribution in [-0.4, -0.2) is 31.3 Å². The molecule has 0 bridgehead atoms. The van der Waals surface area contributed by atoms with Gasteiger partial charge in [-0.1, -0.05) is 0 Å². The van der Waals surface area contributed by atoms with E-state index in [1.54, 1.807) is 27.6 Å². The van der Waals surface area contributed by atoms with Crippen molar-refractivity contribution < 1.29 is 18.6 Å². The number of methoxy groups -OCH3 is 3.